The number of fused-ring (bicyclic) bond motifs is 1. The number of hydrogen-bond acceptors (Lipinski definition) is 4. The van der Waals surface area contributed by atoms with E-state index in [1.54, 1.807) is 6.20 Å². The second-order valence-electron chi connectivity index (χ2n) is 10.6. The zero-order valence-electron chi connectivity index (χ0n) is 24.9. The highest BCUT2D eigenvalue weighted by molar-refractivity contribution is 5.39. The smallest absolute Gasteiger partial charge is 0.136 e. The molecule has 5 rings (SSSR count). The lowest BCUT2D eigenvalue weighted by Gasteiger charge is -2.01. The van der Waals surface area contributed by atoms with E-state index in [4.69, 9.17) is 0 Å². The van der Waals surface area contributed by atoms with E-state index in [9.17, 15) is 0 Å². The first kappa shape index (κ1) is 31.4. The standard InChI is InChI=1S/C10H12N2.3C8H11N/c1-8(2)9-7-12-6-4-3-5-10(12)11-9;1-7(2)8-3-5-9-6-4-8;1-7(2)8-4-3-5-9-6-8;1-7(2)8-5-3-4-6-9-8/h3-8H,1-2H3;3*3-7H,1-2H3. The molecule has 5 aromatic rings. The van der Waals surface area contributed by atoms with Gasteiger partial charge in [0.25, 0.3) is 0 Å². The maximum atomic E-state index is 4.48. The average molecular weight is 524 g/mol. The molecule has 0 radical (unpaired) electrons. The molecule has 0 aromatic carbocycles. The van der Waals surface area contributed by atoms with Crippen LogP contribution in [0.2, 0.25) is 0 Å². The summed E-state index contributed by atoms with van der Waals surface area (Å²) in [5, 5.41) is 0. The normalized spacial score (nSPS) is 10.5. The molecule has 5 nitrogen and oxygen atoms in total. The van der Waals surface area contributed by atoms with Gasteiger partial charge >= 0.3 is 0 Å². The highest BCUT2D eigenvalue weighted by Crippen LogP contribution is 2.14. The molecule has 5 aromatic heterocycles. The first-order chi connectivity index (χ1) is 18.7. The van der Waals surface area contributed by atoms with Crippen LogP contribution in [0.1, 0.15) is 102 Å². The Morgan fingerprint density at radius 3 is 1.64 bits per heavy atom. The van der Waals surface area contributed by atoms with Crippen molar-refractivity contribution in [3.05, 3.63) is 127 Å². The fourth-order valence-corrected chi connectivity index (χ4v) is 3.42. The summed E-state index contributed by atoms with van der Waals surface area (Å²) in [5.41, 5.74) is 6.00. The molecule has 0 aliphatic rings. The molecule has 0 unspecified atom stereocenters. The van der Waals surface area contributed by atoms with Crippen LogP contribution in [0.15, 0.2) is 104 Å². The van der Waals surface area contributed by atoms with Gasteiger partial charge in [0, 0.05) is 49.1 Å². The summed E-state index contributed by atoms with van der Waals surface area (Å²) in [6.45, 7) is 17.3. The molecule has 0 aliphatic heterocycles. The second kappa shape index (κ2) is 16.9. The van der Waals surface area contributed by atoms with E-state index in [0.717, 1.165) is 17.0 Å². The largest absolute Gasteiger partial charge is 0.307 e. The van der Waals surface area contributed by atoms with Crippen molar-refractivity contribution in [1.82, 2.24) is 24.3 Å². The predicted octanol–water partition coefficient (Wildman–Crippen LogP) is 9.07. The zero-order valence-corrected chi connectivity index (χ0v) is 24.9. The minimum absolute atomic E-state index is 0.505. The van der Waals surface area contributed by atoms with Gasteiger partial charge in [0.1, 0.15) is 5.65 Å². The van der Waals surface area contributed by atoms with Gasteiger partial charge in [-0.2, -0.15) is 0 Å². The molecule has 0 N–H and O–H groups in total. The average Bonchev–Trinajstić information content (AvgIpc) is 3.41. The SMILES string of the molecule is CC(C)c1ccccn1.CC(C)c1cccnc1.CC(C)c1ccncc1.CC(C)c1cn2ccccc2n1. The quantitative estimate of drug-likeness (QED) is 0.236. The summed E-state index contributed by atoms with van der Waals surface area (Å²) in [7, 11) is 0. The van der Waals surface area contributed by atoms with Crippen molar-refractivity contribution in [3.63, 3.8) is 0 Å². The minimum atomic E-state index is 0.505. The zero-order chi connectivity index (χ0) is 28.6. The van der Waals surface area contributed by atoms with Crippen molar-refractivity contribution < 1.29 is 0 Å². The molecule has 0 saturated heterocycles. The van der Waals surface area contributed by atoms with Crippen LogP contribution in [-0.4, -0.2) is 24.3 Å². The van der Waals surface area contributed by atoms with Gasteiger partial charge in [0.05, 0.1) is 5.69 Å². The second-order valence-corrected chi connectivity index (χ2v) is 10.6. The number of hydrogen-bond donors (Lipinski definition) is 0. The Bertz CT molecular complexity index is 1160. The molecule has 206 valence electrons. The van der Waals surface area contributed by atoms with Gasteiger partial charge in [-0.05, 0) is 77.3 Å². The highest BCUT2D eigenvalue weighted by atomic mass is 15.0. The Hall–Kier alpha value is -3.86. The molecule has 0 aliphatic carbocycles. The molecule has 0 spiro atoms. The molecule has 5 heterocycles. The van der Waals surface area contributed by atoms with Crippen LogP contribution >= 0.6 is 0 Å². The van der Waals surface area contributed by atoms with Crippen molar-refractivity contribution >= 4 is 5.65 Å². The van der Waals surface area contributed by atoms with Crippen LogP contribution in [0, 0.1) is 0 Å². The molecule has 0 saturated carbocycles. The van der Waals surface area contributed by atoms with E-state index in [-0.39, 0.29) is 0 Å². The number of nitrogens with zero attached hydrogens (tertiary/aromatic N) is 5. The highest BCUT2D eigenvalue weighted by Gasteiger charge is 2.03. The summed E-state index contributed by atoms with van der Waals surface area (Å²) in [4.78, 5) is 16.6. The van der Waals surface area contributed by atoms with E-state index in [0.29, 0.717) is 23.7 Å². The summed E-state index contributed by atoms with van der Waals surface area (Å²) >= 11 is 0. The lowest BCUT2D eigenvalue weighted by Crippen LogP contribution is -1.88. The number of imidazole rings is 1. The third-order valence-electron chi connectivity index (χ3n) is 5.98. The predicted molar refractivity (Wildman–Crippen MR) is 164 cm³/mol. The Labute approximate surface area is 235 Å². The van der Waals surface area contributed by atoms with Crippen molar-refractivity contribution in [2.45, 2.75) is 79.1 Å². The topological polar surface area (TPSA) is 56.0 Å². The van der Waals surface area contributed by atoms with E-state index in [2.05, 4.69) is 92.0 Å². The summed E-state index contributed by atoms with van der Waals surface area (Å²) < 4.78 is 2.05. The Balaban J connectivity index is 0.000000184. The fourth-order valence-electron chi connectivity index (χ4n) is 3.42. The number of aromatic nitrogens is 5. The summed E-state index contributed by atoms with van der Waals surface area (Å²) in [6.07, 6.45) is 13.3. The van der Waals surface area contributed by atoms with E-state index >= 15 is 0 Å². The van der Waals surface area contributed by atoms with Gasteiger partial charge in [-0.3, -0.25) is 15.0 Å². The third-order valence-corrected chi connectivity index (χ3v) is 5.98. The van der Waals surface area contributed by atoms with E-state index < -0.39 is 0 Å². The fraction of sp³-hybridized carbons (Fsp3) is 0.353. The maximum Gasteiger partial charge on any atom is 0.136 e. The minimum Gasteiger partial charge on any atom is -0.307 e. The van der Waals surface area contributed by atoms with Gasteiger partial charge in [-0.15, -0.1) is 0 Å². The van der Waals surface area contributed by atoms with Gasteiger partial charge in [0.2, 0.25) is 0 Å². The number of pyridine rings is 4. The van der Waals surface area contributed by atoms with Crippen molar-refractivity contribution in [3.8, 4) is 0 Å². The van der Waals surface area contributed by atoms with Crippen LogP contribution in [0.25, 0.3) is 5.65 Å². The molecular formula is C34H45N5. The van der Waals surface area contributed by atoms with Crippen LogP contribution in [0.3, 0.4) is 0 Å². The van der Waals surface area contributed by atoms with E-state index in [1.165, 1.54) is 11.1 Å². The Kier molecular flexibility index (Phi) is 13.6. The molecule has 0 bridgehead atoms. The van der Waals surface area contributed by atoms with Gasteiger partial charge in [0.15, 0.2) is 0 Å². The first-order valence-electron chi connectivity index (χ1n) is 13.8. The lowest BCUT2D eigenvalue weighted by atomic mass is 10.1. The summed E-state index contributed by atoms with van der Waals surface area (Å²) in [6, 6.07) is 20.2. The monoisotopic (exact) mass is 523 g/mol. The van der Waals surface area contributed by atoms with Crippen molar-refractivity contribution in [2.24, 2.45) is 0 Å². The van der Waals surface area contributed by atoms with E-state index in [1.807, 2.05) is 85.6 Å². The van der Waals surface area contributed by atoms with Crippen molar-refractivity contribution in [2.75, 3.05) is 0 Å². The van der Waals surface area contributed by atoms with Crippen LogP contribution < -0.4 is 0 Å². The molecular weight excluding hydrogens is 478 g/mol. The molecule has 0 fully saturated rings. The number of rotatable bonds is 4. The maximum absolute atomic E-state index is 4.48. The van der Waals surface area contributed by atoms with Crippen molar-refractivity contribution in [1.29, 1.82) is 0 Å². The Morgan fingerprint density at radius 1 is 0.538 bits per heavy atom. The van der Waals surface area contributed by atoms with Crippen LogP contribution in [0.4, 0.5) is 0 Å². The third kappa shape index (κ3) is 11.6. The molecule has 0 amide bonds. The molecule has 39 heavy (non-hydrogen) atoms. The molecule has 0 atom stereocenters. The van der Waals surface area contributed by atoms with Crippen LogP contribution in [0.5, 0.6) is 0 Å². The van der Waals surface area contributed by atoms with Crippen LogP contribution in [-0.2, 0) is 0 Å². The summed E-state index contributed by atoms with van der Waals surface area (Å²) in [5.74, 6) is 2.27. The lowest BCUT2D eigenvalue weighted by molar-refractivity contribution is 0.823. The van der Waals surface area contributed by atoms with Gasteiger partial charge < -0.3 is 4.40 Å². The first-order valence-corrected chi connectivity index (χ1v) is 13.8. The van der Waals surface area contributed by atoms with Gasteiger partial charge in [-0.1, -0.05) is 73.6 Å². The molecule has 5 heteroatoms. The van der Waals surface area contributed by atoms with Gasteiger partial charge in [-0.25, -0.2) is 4.98 Å². The Morgan fingerprint density at radius 2 is 1.21 bits per heavy atom.